The number of anilines is 1. The molecule has 21 heavy (non-hydrogen) atoms. The first-order valence-electron chi connectivity index (χ1n) is 6.90. The van der Waals surface area contributed by atoms with Gasteiger partial charge in [0.1, 0.15) is 0 Å². The maximum absolute atomic E-state index is 13.3. The van der Waals surface area contributed by atoms with E-state index >= 15 is 0 Å². The van der Waals surface area contributed by atoms with Gasteiger partial charge in [-0.3, -0.25) is 4.79 Å². The van der Waals surface area contributed by atoms with Crippen LogP contribution in [0.25, 0.3) is 0 Å². The Hall–Kier alpha value is -1.69. The summed E-state index contributed by atoms with van der Waals surface area (Å²) < 4.78 is 26.3. The second-order valence-corrected chi connectivity index (χ2v) is 5.92. The molecule has 0 saturated carbocycles. The molecule has 0 fully saturated rings. The van der Waals surface area contributed by atoms with E-state index in [1.54, 1.807) is 0 Å². The van der Waals surface area contributed by atoms with Crippen molar-refractivity contribution in [1.82, 2.24) is 10.2 Å². The van der Waals surface area contributed by atoms with E-state index in [-0.39, 0.29) is 17.3 Å². The molecule has 4 nitrogen and oxygen atoms in total. The third kappa shape index (κ3) is 5.30. The first-order chi connectivity index (χ1) is 9.70. The van der Waals surface area contributed by atoms with E-state index < -0.39 is 17.5 Å². The van der Waals surface area contributed by atoms with Crippen LogP contribution in [0.3, 0.4) is 0 Å². The quantitative estimate of drug-likeness (QED) is 0.792. The fourth-order valence-corrected chi connectivity index (χ4v) is 2.21. The Morgan fingerprint density at radius 1 is 1.29 bits per heavy atom. The van der Waals surface area contributed by atoms with Gasteiger partial charge in [-0.2, -0.15) is 0 Å². The number of carbonyl (C=O) groups excluding carboxylic acids is 1. The molecule has 3 N–H and O–H groups in total. The number of benzene rings is 1. The van der Waals surface area contributed by atoms with Crippen LogP contribution in [0.5, 0.6) is 0 Å². The molecule has 0 spiro atoms. The molecule has 1 unspecified atom stereocenters. The van der Waals surface area contributed by atoms with E-state index in [1.165, 1.54) is 0 Å². The summed E-state index contributed by atoms with van der Waals surface area (Å²) in [6, 6.07) is 1.58. The number of likely N-dealkylation sites (N-methyl/N-ethyl adjacent to an activating group) is 1. The molecule has 1 atom stereocenters. The number of nitrogens with one attached hydrogen (secondary N) is 1. The van der Waals surface area contributed by atoms with Crippen molar-refractivity contribution >= 4 is 11.6 Å². The van der Waals surface area contributed by atoms with Crippen LogP contribution < -0.4 is 11.1 Å². The summed E-state index contributed by atoms with van der Waals surface area (Å²) in [5, 5.41) is 2.83. The third-order valence-corrected chi connectivity index (χ3v) is 3.01. The number of halogens is 2. The topological polar surface area (TPSA) is 58.4 Å². The Kier molecular flexibility index (Phi) is 6.08. The first kappa shape index (κ1) is 17.4. The summed E-state index contributed by atoms with van der Waals surface area (Å²) >= 11 is 0. The van der Waals surface area contributed by atoms with Gasteiger partial charge in [-0.25, -0.2) is 8.78 Å². The van der Waals surface area contributed by atoms with Crippen LogP contribution in [0, 0.1) is 17.6 Å². The van der Waals surface area contributed by atoms with Gasteiger partial charge in [-0.05, 0) is 32.5 Å². The summed E-state index contributed by atoms with van der Waals surface area (Å²) in [6.07, 6.45) is 0.785. The van der Waals surface area contributed by atoms with Gasteiger partial charge in [-0.1, -0.05) is 13.8 Å². The number of hydrogen-bond donors (Lipinski definition) is 2. The van der Waals surface area contributed by atoms with Crippen LogP contribution in [0.15, 0.2) is 12.1 Å². The van der Waals surface area contributed by atoms with Crippen molar-refractivity contribution in [3.05, 3.63) is 29.3 Å². The zero-order valence-corrected chi connectivity index (χ0v) is 12.9. The summed E-state index contributed by atoms with van der Waals surface area (Å²) in [5.74, 6) is -2.23. The standard InChI is InChI=1S/C15H23F2N3O/c1-9(2)5-10(8-20(3)4)19-15(21)11-6-12(16)13(17)7-14(11)18/h6-7,9-10H,5,8,18H2,1-4H3,(H,19,21). The van der Waals surface area contributed by atoms with Gasteiger partial charge < -0.3 is 16.0 Å². The van der Waals surface area contributed by atoms with E-state index in [0.29, 0.717) is 12.5 Å². The molecule has 118 valence electrons. The molecule has 1 amide bonds. The van der Waals surface area contributed by atoms with Crippen LogP contribution in [0.2, 0.25) is 0 Å². The monoisotopic (exact) mass is 299 g/mol. The third-order valence-electron chi connectivity index (χ3n) is 3.01. The molecule has 0 aromatic heterocycles. The average molecular weight is 299 g/mol. The predicted octanol–water partition coefficient (Wildman–Crippen LogP) is 2.25. The molecular formula is C15H23F2N3O. The van der Waals surface area contributed by atoms with Gasteiger partial charge >= 0.3 is 0 Å². The average Bonchev–Trinajstić information content (AvgIpc) is 2.31. The molecule has 0 saturated heterocycles. The van der Waals surface area contributed by atoms with E-state index in [4.69, 9.17) is 5.73 Å². The number of nitrogens with zero attached hydrogens (tertiary/aromatic N) is 1. The minimum absolute atomic E-state index is 0.0404. The normalized spacial score (nSPS) is 12.8. The summed E-state index contributed by atoms with van der Waals surface area (Å²) in [4.78, 5) is 14.2. The maximum atomic E-state index is 13.3. The lowest BCUT2D eigenvalue weighted by Crippen LogP contribution is -2.42. The number of carbonyl (C=O) groups is 1. The van der Waals surface area contributed by atoms with Gasteiger partial charge in [-0.15, -0.1) is 0 Å². The van der Waals surface area contributed by atoms with Gasteiger partial charge in [0.2, 0.25) is 0 Å². The zero-order chi connectivity index (χ0) is 16.2. The van der Waals surface area contributed by atoms with Crippen LogP contribution in [0.4, 0.5) is 14.5 Å². The number of rotatable bonds is 6. The second kappa shape index (κ2) is 7.36. The minimum atomic E-state index is -1.08. The number of nitrogen functional groups attached to an aromatic ring is 1. The lowest BCUT2D eigenvalue weighted by Gasteiger charge is -2.24. The smallest absolute Gasteiger partial charge is 0.253 e. The van der Waals surface area contributed by atoms with Gasteiger partial charge in [0, 0.05) is 24.3 Å². The van der Waals surface area contributed by atoms with E-state index in [2.05, 4.69) is 19.2 Å². The fraction of sp³-hybridized carbons (Fsp3) is 0.533. The van der Waals surface area contributed by atoms with Crippen molar-refractivity contribution in [3.8, 4) is 0 Å². The highest BCUT2D eigenvalue weighted by Gasteiger charge is 2.19. The first-order valence-corrected chi connectivity index (χ1v) is 6.90. The van der Waals surface area contributed by atoms with E-state index in [9.17, 15) is 13.6 Å². The van der Waals surface area contributed by atoms with Crippen LogP contribution in [-0.2, 0) is 0 Å². The Labute approximate surface area is 124 Å². The second-order valence-electron chi connectivity index (χ2n) is 5.92. The van der Waals surface area contributed by atoms with Crippen molar-refractivity contribution in [1.29, 1.82) is 0 Å². The molecule has 6 heteroatoms. The Morgan fingerprint density at radius 3 is 2.38 bits per heavy atom. The van der Waals surface area contributed by atoms with Gasteiger partial charge in [0.15, 0.2) is 11.6 Å². The van der Waals surface area contributed by atoms with E-state index in [0.717, 1.165) is 18.6 Å². The molecule has 0 bridgehead atoms. The summed E-state index contributed by atoms with van der Waals surface area (Å²) in [7, 11) is 3.82. The number of amides is 1. The van der Waals surface area contributed by atoms with Gasteiger partial charge in [0.05, 0.1) is 5.56 Å². The highest BCUT2D eigenvalue weighted by molar-refractivity contribution is 5.99. The van der Waals surface area contributed by atoms with Crippen LogP contribution in [-0.4, -0.2) is 37.5 Å². The van der Waals surface area contributed by atoms with Crippen molar-refractivity contribution in [2.75, 3.05) is 26.4 Å². The molecule has 1 aromatic carbocycles. The van der Waals surface area contributed by atoms with Crippen LogP contribution in [0.1, 0.15) is 30.6 Å². The molecule has 0 heterocycles. The highest BCUT2D eigenvalue weighted by atomic mass is 19.2. The fourth-order valence-electron chi connectivity index (χ4n) is 2.21. The lowest BCUT2D eigenvalue weighted by atomic mass is 10.0. The zero-order valence-electron chi connectivity index (χ0n) is 12.9. The number of hydrogen-bond acceptors (Lipinski definition) is 3. The molecule has 0 radical (unpaired) electrons. The summed E-state index contributed by atoms with van der Waals surface area (Å²) in [6.45, 7) is 4.77. The molecular weight excluding hydrogens is 276 g/mol. The van der Waals surface area contributed by atoms with E-state index in [1.807, 2.05) is 19.0 Å². The Morgan fingerprint density at radius 2 is 1.86 bits per heavy atom. The predicted molar refractivity (Wildman–Crippen MR) is 80.0 cm³/mol. The maximum Gasteiger partial charge on any atom is 0.253 e. The molecule has 1 rings (SSSR count). The van der Waals surface area contributed by atoms with Crippen molar-refractivity contribution < 1.29 is 13.6 Å². The Balaban J connectivity index is 2.88. The van der Waals surface area contributed by atoms with Crippen LogP contribution >= 0.6 is 0 Å². The number of nitrogens with two attached hydrogens (primary N) is 1. The van der Waals surface area contributed by atoms with Crippen molar-refractivity contribution in [2.45, 2.75) is 26.3 Å². The Bertz CT molecular complexity index is 494. The molecule has 0 aliphatic carbocycles. The molecule has 0 aliphatic heterocycles. The van der Waals surface area contributed by atoms with Crippen molar-refractivity contribution in [3.63, 3.8) is 0 Å². The largest absolute Gasteiger partial charge is 0.398 e. The SMILES string of the molecule is CC(C)CC(CN(C)C)NC(=O)c1cc(F)c(F)cc1N. The molecule has 1 aromatic rings. The minimum Gasteiger partial charge on any atom is -0.398 e. The molecule has 0 aliphatic rings. The van der Waals surface area contributed by atoms with Gasteiger partial charge in [0.25, 0.3) is 5.91 Å². The highest BCUT2D eigenvalue weighted by Crippen LogP contribution is 2.17. The lowest BCUT2D eigenvalue weighted by molar-refractivity contribution is 0.0925. The van der Waals surface area contributed by atoms with Crippen molar-refractivity contribution in [2.24, 2.45) is 5.92 Å². The summed E-state index contributed by atoms with van der Waals surface area (Å²) in [5.41, 5.74) is 5.48.